The highest BCUT2D eigenvalue weighted by molar-refractivity contribution is 5.94. The molecule has 0 unspecified atom stereocenters. The highest BCUT2D eigenvalue weighted by Crippen LogP contribution is 2.02. The van der Waals surface area contributed by atoms with Gasteiger partial charge in [0.15, 0.2) is 0 Å². The van der Waals surface area contributed by atoms with Crippen molar-refractivity contribution >= 4 is 11.9 Å². The van der Waals surface area contributed by atoms with Crippen LogP contribution in [0.2, 0.25) is 0 Å². The molecule has 0 aromatic carbocycles. The summed E-state index contributed by atoms with van der Waals surface area (Å²) < 4.78 is 4.70. The summed E-state index contributed by atoms with van der Waals surface area (Å²) in [5, 5.41) is 0. The van der Waals surface area contributed by atoms with E-state index >= 15 is 0 Å². The lowest BCUT2D eigenvalue weighted by Crippen LogP contribution is -2.30. The molecule has 0 heterocycles. The molecular weight excluding hydrogens is 194 g/mol. The monoisotopic (exact) mass is 215 g/mol. The van der Waals surface area contributed by atoms with Gasteiger partial charge in [0.1, 0.15) is 6.42 Å². The SMILES string of the molecule is CCOC(=O)CC(=O)N(C)CCC(C)C. The van der Waals surface area contributed by atoms with Crippen molar-refractivity contribution in [2.45, 2.75) is 33.6 Å². The molecule has 0 aromatic heterocycles. The number of nitrogens with zero attached hydrogens (tertiary/aromatic N) is 1. The van der Waals surface area contributed by atoms with Crippen molar-refractivity contribution in [2.24, 2.45) is 5.92 Å². The van der Waals surface area contributed by atoms with Crippen LogP contribution < -0.4 is 0 Å². The summed E-state index contributed by atoms with van der Waals surface area (Å²) in [6.45, 7) is 6.94. The first-order valence-electron chi connectivity index (χ1n) is 5.37. The molecule has 88 valence electrons. The van der Waals surface area contributed by atoms with Crippen molar-refractivity contribution < 1.29 is 14.3 Å². The van der Waals surface area contributed by atoms with Gasteiger partial charge in [0.2, 0.25) is 5.91 Å². The van der Waals surface area contributed by atoms with Crippen molar-refractivity contribution in [3.63, 3.8) is 0 Å². The van der Waals surface area contributed by atoms with E-state index in [4.69, 9.17) is 4.74 Å². The van der Waals surface area contributed by atoms with Gasteiger partial charge < -0.3 is 9.64 Å². The van der Waals surface area contributed by atoms with E-state index in [9.17, 15) is 9.59 Å². The van der Waals surface area contributed by atoms with Gasteiger partial charge in [0, 0.05) is 13.6 Å². The lowest BCUT2D eigenvalue weighted by molar-refractivity contribution is -0.148. The predicted molar refractivity (Wildman–Crippen MR) is 58.3 cm³/mol. The summed E-state index contributed by atoms with van der Waals surface area (Å²) in [5.74, 6) is -0.0594. The van der Waals surface area contributed by atoms with Crippen molar-refractivity contribution in [3.05, 3.63) is 0 Å². The van der Waals surface area contributed by atoms with Crippen LogP contribution >= 0.6 is 0 Å². The number of hydrogen-bond acceptors (Lipinski definition) is 3. The number of ether oxygens (including phenoxy) is 1. The molecule has 4 nitrogen and oxygen atoms in total. The van der Waals surface area contributed by atoms with Crippen LogP contribution in [-0.4, -0.2) is 37.0 Å². The van der Waals surface area contributed by atoms with Crippen LogP contribution in [0, 0.1) is 5.92 Å². The first kappa shape index (κ1) is 13.9. The number of carbonyl (C=O) groups is 2. The number of hydrogen-bond donors (Lipinski definition) is 0. The highest BCUT2D eigenvalue weighted by Gasteiger charge is 2.14. The lowest BCUT2D eigenvalue weighted by Gasteiger charge is -2.17. The zero-order valence-electron chi connectivity index (χ0n) is 10.1. The molecule has 15 heavy (non-hydrogen) atoms. The zero-order chi connectivity index (χ0) is 11.8. The molecule has 0 aliphatic carbocycles. The molecule has 0 bridgehead atoms. The number of rotatable bonds is 6. The Labute approximate surface area is 91.6 Å². The lowest BCUT2D eigenvalue weighted by atomic mass is 10.1. The Hall–Kier alpha value is -1.06. The van der Waals surface area contributed by atoms with Crippen LogP contribution in [0.15, 0.2) is 0 Å². The molecule has 0 rings (SSSR count). The zero-order valence-corrected chi connectivity index (χ0v) is 10.1. The van der Waals surface area contributed by atoms with Gasteiger partial charge >= 0.3 is 5.97 Å². The molecule has 0 spiro atoms. The van der Waals surface area contributed by atoms with E-state index in [1.54, 1.807) is 18.9 Å². The highest BCUT2D eigenvalue weighted by atomic mass is 16.5. The fraction of sp³-hybridized carbons (Fsp3) is 0.818. The summed E-state index contributed by atoms with van der Waals surface area (Å²) in [7, 11) is 1.71. The van der Waals surface area contributed by atoms with Gasteiger partial charge in [-0.15, -0.1) is 0 Å². The summed E-state index contributed by atoms with van der Waals surface area (Å²) in [6.07, 6.45) is 0.799. The molecule has 0 N–H and O–H groups in total. The third-order valence-corrected chi connectivity index (χ3v) is 2.07. The first-order valence-corrected chi connectivity index (χ1v) is 5.37. The van der Waals surface area contributed by atoms with Gasteiger partial charge in [-0.25, -0.2) is 0 Å². The van der Waals surface area contributed by atoms with E-state index in [1.807, 2.05) is 0 Å². The third-order valence-electron chi connectivity index (χ3n) is 2.07. The van der Waals surface area contributed by atoms with E-state index < -0.39 is 5.97 Å². The minimum atomic E-state index is -0.445. The number of amides is 1. The minimum Gasteiger partial charge on any atom is -0.466 e. The molecule has 0 aliphatic heterocycles. The number of esters is 1. The third kappa shape index (κ3) is 6.94. The van der Waals surface area contributed by atoms with Crippen LogP contribution in [0.25, 0.3) is 0 Å². The summed E-state index contributed by atoms with van der Waals surface area (Å²) in [5.41, 5.74) is 0. The van der Waals surface area contributed by atoms with Gasteiger partial charge in [-0.2, -0.15) is 0 Å². The molecule has 4 heteroatoms. The van der Waals surface area contributed by atoms with Crippen LogP contribution in [0.5, 0.6) is 0 Å². The standard InChI is InChI=1S/C11H21NO3/c1-5-15-11(14)8-10(13)12(4)7-6-9(2)3/h9H,5-8H2,1-4H3. The van der Waals surface area contributed by atoms with E-state index in [0.29, 0.717) is 19.1 Å². The quantitative estimate of drug-likeness (QED) is 0.497. The molecule has 0 aliphatic rings. The Morgan fingerprint density at radius 1 is 1.33 bits per heavy atom. The molecule has 0 saturated heterocycles. The summed E-state index contributed by atoms with van der Waals surface area (Å²) in [6, 6.07) is 0. The van der Waals surface area contributed by atoms with Crippen LogP contribution in [0.1, 0.15) is 33.6 Å². The largest absolute Gasteiger partial charge is 0.466 e. The fourth-order valence-electron chi connectivity index (χ4n) is 1.05. The average Bonchev–Trinajstić information content (AvgIpc) is 2.14. The second-order valence-electron chi connectivity index (χ2n) is 3.98. The van der Waals surface area contributed by atoms with Crippen LogP contribution in [0.4, 0.5) is 0 Å². The van der Waals surface area contributed by atoms with Gasteiger partial charge in [-0.3, -0.25) is 9.59 Å². The Balaban J connectivity index is 3.83. The van der Waals surface area contributed by atoms with Gasteiger partial charge in [-0.1, -0.05) is 13.8 Å². The van der Waals surface area contributed by atoms with E-state index in [1.165, 1.54) is 0 Å². The molecule has 0 atom stereocenters. The molecule has 0 fully saturated rings. The normalized spacial score (nSPS) is 10.2. The molecule has 0 saturated carbocycles. The maximum absolute atomic E-state index is 11.5. The van der Waals surface area contributed by atoms with Gasteiger partial charge in [0.25, 0.3) is 0 Å². The van der Waals surface area contributed by atoms with Crippen molar-refractivity contribution in [3.8, 4) is 0 Å². The first-order chi connectivity index (χ1) is 6.97. The van der Waals surface area contributed by atoms with Crippen molar-refractivity contribution in [1.82, 2.24) is 4.90 Å². The predicted octanol–water partition coefficient (Wildman–Crippen LogP) is 1.44. The molecular formula is C11H21NO3. The molecule has 1 amide bonds. The van der Waals surface area contributed by atoms with Crippen molar-refractivity contribution in [1.29, 1.82) is 0 Å². The smallest absolute Gasteiger partial charge is 0.315 e. The molecule has 0 radical (unpaired) electrons. The van der Waals surface area contributed by atoms with Gasteiger partial charge in [-0.05, 0) is 19.3 Å². The fourth-order valence-corrected chi connectivity index (χ4v) is 1.05. The maximum atomic E-state index is 11.5. The van der Waals surface area contributed by atoms with Crippen molar-refractivity contribution in [2.75, 3.05) is 20.2 Å². The van der Waals surface area contributed by atoms with Crippen LogP contribution in [0.3, 0.4) is 0 Å². The summed E-state index contributed by atoms with van der Waals surface area (Å²) >= 11 is 0. The van der Waals surface area contributed by atoms with E-state index in [2.05, 4.69) is 13.8 Å². The maximum Gasteiger partial charge on any atom is 0.315 e. The van der Waals surface area contributed by atoms with E-state index in [-0.39, 0.29) is 12.3 Å². The number of carbonyl (C=O) groups excluding carboxylic acids is 2. The molecule has 0 aromatic rings. The second kappa shape index (κ2) is 7.26. The Morgan fingerprint density at radius 3 is 2.40 bits per heavy atom. The van der Waals surface area contributed by atoms with Crippen LogP contribution in [-0.2, 0) is 14.3 Å². The Morgan fingerprint density at radius 2 is 1.93 bits per heavy atom. The Kier molecular flexibility index (Phi) is 6.75. The summed E-state index contributed by atoms with van der Waals surface area (Å²) in [4.78, 5) is 24.1. The average molecular weight is 215 g/mol. The second-order valence-corrected chi connectivity index (χ2v) is 3.98. The van der Waals surface area contributed by atoms with E-state index in [0.717, 1.165) is 6.42 Å². The topological polar surface area (TPSA) is 46.6 Å². The minimum absolute atomic E-state index is 0.150. The van der Waals surface area contributed by atoms with Gasteiger partial charge in [0.05, 0.1) is 6.61 Å². The Bertz CT molecular complexity index is 214.